The van der Waals surface area contributed by atoms with Gasteiger partial charge in [-0.25, -0.2) is 9.59 Å². The van der Waals surface area contributed by atoms with Crippen molar-refractivity contribution in [1.29, 1.82) is 0 Å². The average molecular weight is 358 g/mol. The summed E-state index contributed by atoms with van der Waals surface area (Å²) in [6, 6.07) is 6.80. The number of nitrogens with one attached hydrogen (secondary N) is 1. The Bertz CT molecular complexity index is 720. The van der Waals surface area contributed by atoms with Gasteiger partial charge in [0.2, 0.25) is 0 Å². The third kappa shape index (κ3) is 3.45. The fourth-order valence-corrected chi connectivity index (χ4v) is 3.75. The van der Waals surface area contributed by atoms with Crippen molar-refractivity contribution in [3.05, 3.63) is 29.8 Å². The molecule has 1 aromatic carbocycles. The summed E-state index contributed by atoms with van der Waals surface area (Å²) in [5.41, 5.74) is 0.0791. The number of hydrogen-bond acceptors (Lipinski definition) is 4. The predicted octanol–water partition coefficient (Wildman–Crippen LogP) is 3.22. The fraction of sp³-hybridized carbons (Fsp3) is 0.550. The number of nitrogens with zero attached hydrogens (tertiary/aromatic N) is 1. The van der Waals surface area contributed by atoms with E-state index < -0.39 is 17.5 Å². The van der Waals surface area contributed by atoms with Crippen LogP contribution in [0.25, 0.3) is 0 Å². The molecule has 3 rings (SSSR count). The number of esters is 1. The van der Waals surface area contributed by atoms with Crippen molar-refractivity contribution in [2.75, 3.05) is 6.54 Å². The zero-order chi connectivity index (χ0) is 18.9. The molecule has 1 aliphatic heterocycles. The molecule has 1 aromatic rings. The fourth-order valence-electron chi connectivity index (χ4n) is 3.75. The van der Waals surface area contributed by atoms with Gasteiger partial charge in [0.15, 0.2) is 0 Å². The summed E-state index contributed by atoms with van der Waals surface area (Å²) in [6.45, 7) is 5.81. The lowest BCUT2D eigenvalue weighted by molar-refractivity contribution is -0.141. The molecule has 140 valence electrons. The lowest BCUT2D eigenvalue weighted by Gasteiger charge is -2.33. The van der Waals surface area contributed by atoms with Gasteiger partial charge in [-0.2, -0.15) is 0 Å². The number of carbonyl (C=O) groups is 3. The molecule has 1 aliphatic carbocycles. The summed E-state index contributed by atoms with van der Waals surface area (Å²) in [6.07, 6.45) is 3.04. The number of benzene rings is 1. The van der Waals surface area contributed by atoms with Crippen molar-refractivity contribution in [3.63, 3.8) is 0 Å². The smallest absolute Gasteiger partial charge is 0.331 e. The van der Waals surface area contributed by atoms with Crippen LogP contribution < -0.4 is 10.1 Å². The zero-order valence-corrected chi connectivity index (χ0v) is 15.6. The van der Waals surface area contributed by atoms with Gasteiger partial charge in [0.1, 0.15) is 17.8 Å². The number of ether oxygens (including phenoxy) is 1. The molecule has 3 amide bonds. The van der Waals surface area contributed by atoms with E-state index in [0.717, 1.165) is 23.3 Å². The van der Waals surface area contributed by atoms with Gasteiger partial charge in [-0.05, 0) is 49.1 Å². The molecule has 0 unspecified atom stereocenters. The average Bonchev–Trinajstić information content (AvgIpc) is 2.82. The van der Waals surface area contributed by atoms with E-state index in [9.17, 15) is 14.4 Å². The molecule has 0 aromatic heterocycles. The first kappa shape index (κ1) is 18.4. The molecule has 0 bridgehead atoms. The largest absolute Gasteiger partial charge is 0.425 e. The Hall–Kier alpha value is -2.37. The number of amides is 3. The van der Waals surface area contributed by atoms with E-state index in [1.807, 2.05) is 26.0 Å². The molecule has 26 heavy (non-hydrogen) atoms. The SMILES string of the molecule is CC1CCC2(CC1)NC(=O)N(CC(=O)Oc1ccccc1C(C)C)C2=O. The molecule has 1 saturated carbocycles. The van der Waals surface area contributed by atoms with Crippen LogP contribution in [0.3, 0.4) is 0 Å². The van der Waals surface area contributed by atoms with Gasteiger partial charge in [0.05, 0.1) is 0 Å². The van der Waals surface area contributed by atoms with Crippen molar-refractivity contribution in [2.24, 2.45) is 5.92 Å². The normalized spacial score (nSPS) is 25.7. The highest BCUT2D eigenvalue weighted by molar-refractivity contribution is 6.08. The number of hydrogen-bond donors (Lipinski definition) is 1. The van der Waals surface area contributed by atoms with Crippen molar-refractivity contribution >= 4 is 17.9 Å². The predicted molar refractivity (Wildman–Crippen MR) is 96.8 cm³/mol. The van der Waals surface area contributed by atoms with Gasteiger partial charge >= 0.3 is 12.0 Å². The monoisotopic (exact) mass is 358 g/mol. The zero-order valence-electron chi connectivity index (χ0n) is 15.6. The summed E-state index contributed by atoms with van der Waals surface area (Å²) in [4.78, 5) is 38.4. The first-order valence-corrected chi connectivity index (χ1v) is 9.26. The molecule has 2 aliphatic rings. The first-order chi connectivity index (χ1) is 12.3. The highest BCUT2D eigenvalue weighted by atomic mass is 16.5. The lowest BCUT2D eigenvalue weighted by atomic mass is 9.77. The molecule has 1 heterocycles. The number of urea groups is 1. The lowest BCUT2D eigenvalue weighted by Crippen LogP contribution is -2.49. The van der Waals surface area contributed by atoms with Crippen molar-refractivity contribution in [1.82, 2.24) is 10.2 Å². The van der Waals surface area contributed by atoms with E-state index in [2.05, 4.69) is 12.2 Å². The second-order valence-electron chi connectivity index (χ2n) is 7.75. The molecule has 0 radical (unpaired) electrons. The minimum Gasteiger partial charge on any atom is -0.425 e. The number of para-hydroxylation sites is 1. The van der Waals surface area contributed by atoms with Crippen molar-refractivity contribution in [2.45, 2.75) is 57.9 Å². The third-order valence-electron chi connectivity index (χ3n) is 5.43. The van der Waals surface area contributed by atoms with Gasteiger partial charge in [-0.15, -0.1) is 0 Å². The second kappa shape index (κ2) is 7.09. The molecule has 1 N–H and O–H groups in total. The van der Waals surface area contributed by atoms with E-state index in [-0.39, 0.29) is 18.4 Å². The number of rotatable bonds is 4. The van der Waals surface area contributed by atoms with Crippen molar-refractivity contribution < 1.29 is 19.1 Å². The Kier molecular flexibility index (Phi) is 5.03. The maximum Gasteiger partial charge on any atom is 0.331 e. The van der Waals surface area contributed by atoms with Crippen LogP contribution in [-0.2, 0) is 9.59 Å². The molecular weight excluding hydrogens is 332 g/mol. The third-order valence-corrected chi connectivity index (χ3v) is 5.43. The Morgan fingerprint density at radius 2 is 1.92 bits per heavy atom. The van der Waals surface area contributed by atoms with E-state index in [4.69, 9.17) is 4.74 Å². The van der Waals surface area contributed by atoms with Crippen LogP contribution >= 0.6 is 0 Å². The summed E-state index contributed by atoms with van der Waals surface area (Å²) < 4.78 is 5.45. The Morgan fingerprint density at radius 3 is 2.58 bits per heavy atom. The van der Waals surface area contributed by atoms with E-state index >= 15 is 0 Å². The van der Waals surface area contributed by atoms with Crippen molar-refractivity contribution in [3.8, 4) is 5.75 Å². The van der Waals surface area contributed by atoms with E-state index in [1.165, 1.54) is 0 Å². The van der Waals surface area contributed by atoms with Gasteiger partial charge in [0, 0.05) is 0 Å². The highest BCUT2D eigenvalue weighted by Gasteiger charge is 2.52. The molecule has 6 nitrogen and oxygen atoms in total. The topological polar surface area (TPSA) is 75.7 Å². The van der Waals surface area contributed by atoms with Crippen LogP contribution in [0.5, 0.6) is 5.75 Å². The van der Waals surface area contributed by atoms with Gasteiger partial charge < -0.3 is 10.1 Å². The summed E-state index contributed by atoms with van der Waals surface area (Å²) >= 11 is 0. The van der Waals surface area contributed by atoms with Crippen LogP contribution in [0.15, 0.2) is 24.3 Å². The summed E-state index contributed by atoms with van der Waals surface area (Å²) in [5.74, 6) is 0.312. The molecule has 2 fully saturated rings. The minimum absolute atomic E-state index is 0.197. The number of imide groups is 1. The van der Waals surface area contributed by atoms with Crippen LogP contribution in [0.1, 0.15) is 57.9 Å². The summed E-state index contributed by atoms with van der Waals surface area (Å²) in [5, 5.41) is 2.82. The molecule has 0 atom stereocenters. The maximum atomic E-state index is 12.8. The summed E-state index contributed by atoms with van der Waals surface area (Å²) in [7, 11) is 0. The number of carbonyl (C=O) groups excluding carboxylic acids is 3. The molecule has 1 saturated heterocycles. The van der Waals surface area contributed by atoms with Crippen LogP contribution in [-0.4, -0.2) is 34.9 Å². The quantitative estimate of drug-likeness (QED) is 0.509. The van der Waals surface area contributed by atoms with E-state index in [0.29, 0.717) is 24.5 Å². The van der Waals surface area contributed by atoms with Crippen LogP contribution in [0, 0.1) is 5.92 Å². The van der Waals surface area contributed by atoms with E-state index in [1.54, 1.807) is 12.1 Å². The minimum atomic E-state index is -0.834. The highest BCUT2D eigenvalue weighted by Crippen LogP contribution is 2.36. The Labute approximate surface area is 153 Å². The first-order valence-electron chi connectivity index (χ1n) is 9.26. The molecular formula is C20H26N2O4. The second-order valence-corrected chi connectivity index (χ2v) is 7.75. The Balaban J connectivity index is 1.68. The van der Waals surface area contributed by atoms with Gasteiger partial charge in [0.25, 0.3) is 5.91 Å². The van der Waals surface area contributed by atoms with Gasteiger partial charge in [-0.3, -0.25) is 9.69 Å². The van der Waals surface area contributed by atoms with Crippen LogP contribution in [0.4, 0.5) is 4.79 Å². The standard InChI is InChI=1S/C20H26N2O4/c1-13(2)15-6-4-5-7-16(15)26-17(23)12-22-18(24)20(21-19(22)25)10-8-14(3)9-11-20/h4-7,13-14H,8-12H2,1-3H3,(H,21,25). The van der Waals surface area contributed by atoms with Gasteiger partial charge in [-0.1, -0.05) is 39.0 Å². The Morgan fingerprint density at radius 1 is 1.27 bits per heavy atom. The molecule has 6 heteroatoms. The molecule has 1 spiro atoms. The maximum absolute atomic E-state index is 12.8. The van der Waals surface area contributed by atoms with Crippen LogP contribution in [0.2, 0.25) is 0 Å².